The van der Waals surface area contributed by atoms with Crippen molar-refractivity contribution >= 4 is 81.4 Å². The fourth-order valence-corrected chi connectivity index (χ4v) is 4.03. The molecule has 6 nitrogen and oxygen atoms in total. The fourth-order valence-electron chi connectivity index (χ4n) is 1.69. The molecule has 0 aliphatic carbocycles. The van der Waals surface area contributed by atoms with E-state index < -0.39 is 11.9 Å². The number of nitrogens with zero attached hydrogens (tertiary/aromatic N) is 2. The van der Waals surface area contributed by atoms with Gasteiger partial charge in [-0.15, -0.1) is 0 Å². The Morgan fingerprint density at radius 3 is 1.48 bits per heavy atom. The van der Waals surface area contributed by atoms with E-state index in [9.17, 15) is 9.59 Å². The van der Waals surface area contributed by atoms with Crippen LogP contribution in [0.5, 0.6) is 0 Å². The van der Waals surface area contributed by atoms with Gasteiger partial charge in [0.15, 0.2) is 10.3 Å². The molecule has 0 aliphatic rings. The van der Waals surface area contributed by atoms with Crippen LogP contribution in [0.4, 0.5) is 0 Å². The smallest absolute Gasteiger partial charge is 0.343 e. The molecule has 136 valence electrons. The molecule has 0 spiro atoms. The summed E-state index contributed by atoms with van der Waals surface area (Å²) in [6.07, 6.45) is 1.88. The molecule has 0 bridgehead atoms. The zero-order valence-electron chi connectivity index (χ0n) is 12.4. The monoisotopic (exact) mass is 462 g/mol. The van der Waals surface area contributed by atoms with Crippen LogP contribution in [0, 0.1) is 0 Å². The Balaban J connectivity index is 1.61. The van der Waals surface area contributed by atoms with E-state index in [-0.39, 0.29) is 43.3 Å². The van der Waals surface area contributed by atoms with Crippen LogP contribution in [-0.2, 0) is 9.47 Å². The van der Waals surface area contributed by atoms with E-state index in [1.165, 1.54) is 0 Å². The third-order valence-corrected chi connectivity index (χ3v) is 5.70. The van der Waals surface area contributed by atoms with Crippen molar-refractivity contribution in [2.45, 2.75) is 19.3 Å². The van der Waals surface area contributed by atoms with Gasteiger partial charge in [0.25, 0.3) is 0 Å². The van der Waals surface area contributed by atoms with Gasteiger partial charge in [0.05, 0.1) is 13.2 Å². The van der Waals surface area contributed by atoms with Crippen molar-refractivity contribution in [2.24, 2.45) is 0 Å². The molecule has 0 saturated carbocycles. The molecule has 0 saturated heterocycles. The second-order valence-electron chi connectivity index (χ2n) is 4.58. The summed E-state index contributed by atoms with van der Waals surface area (Å²) in [5.41, 5.74) is 0.167. The first-order chi connectivity index (χ1) is 11.9. The third kappa shape index (κ3) is 5.67. The van der Waals surface area contributed by atoms with Crippen LogP contribution in [0.2, 0.25) is 19.0 Å². The van der Waals surface area contributed by atoms with E-state index in [2.05, 4.69) is 8.75 Å². The van der Waals surface area contributed by atoms with Gasteiger partial charge < -0.3 is 9.47 Å². The van der Waals surface area contributed by atoms with E-state index in [1.807, 2.05) is 0 Å². The largest absolute Gasteiger partial charge is 0.462 e. The van der Waals surface area contributed by atoms with Crippen molar-refractivity contribution < 1.29 is 19.1 Å². The molecule has 0 amide bonds. The summed E-state index contributed by atoms with van der Waals surface area (Å²) in [6.45, 7) is 0.392. The Kier molecular flexibility index (Phi) is 8.18. The molecule has 0 fully saturated rings. The first-order valence-corrected chi connectivity index (χ1v) is 9.93. The molecule has 2 rings (SSSR count). The van der Waals surface area contributed by atoms with E-state index in [0.29, 0.717) is 19.3 Å². The fraction of sp³-hybridized carbons (Fsp3) is 0.385. The number of aromatic nitrogens is 2. The first-order valence-electron chi connectivity index (χ1n) is 6.87. The van der Waals surface area contributed by atoms with Gasteiger partial charge >= 0.3 is 11.9 Å². The van der Waals surface area contributed by atoms with E-state index in [0.717, 1.165) is 23.1 Å². The Morgan fingerprint density at radius 1 is 0.760 bits per heavy atom. The molecule has 0 atom stereocenters. The Hall–Kier alpha value is -0.640. The van der Waals surface area contributed by atoms with Crippen LogP contribution < -0.4 is 0 Å². The summed E-state index contributed by atoms with van der Waals surface area (Å²) >= 11 is 25.0. The number of rotatable bonds is 8. The van der Waals surface area contributed by atoms with Crippen molar-refractivity contribution in [3.63, 3.8) is 0 Å². The van der Waals surface area contributed by atoms with Crippen LogP contribution in [0.3, 0.4) is 0 Å². The number of ether oxygens (including phenoxy) is 2. The van der Waals surface area contributed by atoms with E-state index in [4.69, 9.17) is 55.9 Å². The summed E-state index contributed by atoms with van der Waals surface area (Å²) in [6, 6.07) is 0. The zero-order chi connectivity index (χ0) is 18.4. The van der Waals surface area contributed by atoms with E-state index >= 15 is 0 Å². The molecule has 0 aliphatic heterocycles. The molecule has 2 heterocycles. The number of carbonyl (C=O) groups is 2. The highest BCUT2D eigenvalue weighted by Gasteiger charge is 2.21. The lowest BCUT2D eigenvalue weighted by atomic mass is 10.2. The lowest BCUT2D eigenvalue weighted by Gasteiger charge is -2.05. The molecule has 0 radical (unpaired) electrons. The summed E-state index contributed by atoms with van der Waals surface area (Å²) < 4.78 is 18.1. The van der Waals surface area contributed by atoms with Gasteiger partial charge in [-0.3, -0.25) is 0 Å². The molecule has 0 aromatic carbocycles. The van der Waals surface area contributed by atoms with Crippen LogP contribution in [-0.4, -0.2) is 33.9 Å². The standard InChI is InChI=1S/C13H10Cl4N2O4S2/c14-8-6(10(16)24-18-8)12(20)22-4-2-1-3-5-23-13(21)7-9(15)19-25-11(7)17/h1-5H2. The quantitative estimate of drug-likeness (QED) is 0.385. The molecule has 0 unspecified atom stereocenters. The molecular formula is C13H10Cl4N2O4S2. The number of esters is 2. The summed E-state index contributed by atoms with van der Waals surface area (Å²) in [5.74, 6) is -1.21. The van der Waals surface area contributed by atoms with Gasteiger partial charge in [-0.1, -0.05) is 46.4 Å². The predicted molar refractivity (Wildman–Crippen MR) is 98.7 cm³/mol. The van der Waals surface area contributed by atoms with Gasteiger partial charge in [-0.05, 0) is 42.3 Å². The van der Waals surface area contributed by atoms with Crippen molar-refractivity contribution in [1.82, 2.24) is 8.75 Å². The maximum atomic E-state index is 11.8. The highest BCUT2D eigenvalue weighted by Crippen LogP contribution is 2.29. The maximum Gasteiger partial charge on any atom is 0.343 e. The lowest BCUT2D eigenvalue weighted by Crippen LogP contribution is -2.08. The van der Waals surface area contributed by atoms with Crippen LogP contribution >= 0.6 is 69.5 Å². The number of carbonyl (C=O) groups excluding carboxylic acids is 2. The maximum absolute atomic E-state index is 11.8. The molecule has 2 aromatic rings. The molecule has 2 aromatic heterocycles. The minimum absolute atomic E-state index is 0.0344. The van der Waals surface area contributed by atoms with Crippen LogP contribution in [0.15, 0.2) is 0 Å². The Morgan fingerprint density at radius 2 is 1.16 bits per heavy atom. The number of halogens is 4. The molecule has 0 N–H and O–H groups in total. The minimum Gasteiger partial charge on any atom is -0.462 e. The second-order valence-corrected chi connectivity index (χ2v) is 8.04. The van der Waals surface area contributed by atoms with Gasteiger partial charge in [0, 0.05) is 0 Å². The highest BCUT2D eigenvalue weighted by atomic mass is 35.5. The minimum atomic E-state index is -0.607. The topological polar surface area (TPSA) is 78.4 Å². The summed E-state index contributed by atoms with van der Waals surface area (Å²) in [4.78, 5) is 23.6. The molecular weight excluding hydrogens is 454 g/mol. The van der Waals surface area contributed by atoms with Gasteiger partial charge in [-0.2, -0.15) is 8.75 Å². The normalized spacial score (nSPS) is 10.7. The third-order valence-electron chi connectivity index (χ3n) is 2.88. The van der Waals surface area contributed by atoms with Crippen molar-refractivity contribution in [1.29, 1.82) is 0 Å². The van der Waals surface area contributed by atoms with E-state index in [1.54, 1.807) is 0 Å². The SMILES string of the molecule is O=C(OCCCCCOC(=O)c1c(Cl)nsc1Cl)c1c(Cl)nsc1Cl. The Labute approximate surface area is 171 Å². The molecule has 25 heavy (non-hydrogen) atoms. The predicted octanol–water partition coefficient (Wildman–Crippen LogP) is 5.40. The zero-order valence-corrected chi connectivity index (χ0v) is 17.0. The second kappa shape index (κ2) is 9.89. The van der Waals surface area contributed by atoms with Crippen molar-refractivity contribution in [3.05, 3.63) is 30.1 Å². The lowest BCUT2D eigenvalue weighted by molar-refractivity contribution is 0.0479. The summed E-state index contributed by atoms with van der Waals surface area (Å²) in [5, 5.41) is 0.0688. The van der Waals surface area contributed by atoms with Crippen LogP contribution in [0.1, 0.15) is 40.0 Å². The number of unbranched alkanes of at least 4 members (excludes halogenated alkanes) is 2. The van der Waals surface area contributed by atoms with Crippen molar-refractivity contribution in [2.75, 3.05) is 13.2 Å². The van der Waals surface area contributed by atoms with Gasteiger partial charge in [0.2, 0.25) is 0 Å². The number of hydrogen-bond acceptors (Lipinski definition) is 8. The first kappa shape index (κ1) is 20.7. The van der Waals surface area contributed by atoms with Gasteiger partial charge in [0.1, 0.15) is 19.8 Å². The average Bonchev–Trinajstić information content (AvgIpc) is 3.07. The van der Waals surface area contributed by atoms with Gasteiger partial charge in [-0.25, -0.2) is 9.59 Å². The van der Waals surface area contributed by atoms with Crippen molar-refractivity contribution in [3.8, 4) is 0 Å². The summed E-state index contributed by atoms with van der Waals surface area (Å²) in [7, 11) is 0. The number of hydrogen-bond donors (Lipinski definition) is 0. The highest BCUT2D eigenvalue weighted by molar-refractivity contribution is 7.11. The van der Waals surface area contributed by atoms with Crippen LogP contribution in [0.25, 0.3) is 0 Å². The molecule has 12 heteroatoms. The Bertz CT molecular complexity index is 664. The average molecular weight is 464 g/mol.